The first-order valence-electron chi connectivity index (χ1n) is 5.46. The zero-order valence-electron chi connectivity index (χ0n) is 9.83. The lowest BCUT2D eigenvalue weighted by Gasteiger charge is -2.10. The average molecular weight is 241 g/mol. The van der Waals surface area contributed by atoms with Gasteiger partial charge in [-0.3, -0.25) is 0 Å². The van der Waals surface area contributed by atoms with Crippen LogP contribution in [0.5, 0.6) is 17.4 Å². The van der Waals surface area contributed by atoms with Crippen molar-refractivity contribution in [2.24, 2.45) is 0 Å². The van der Waals surface area contributed by atoms with Crippen LogP contribution in [0.15, 0.2) is 36.7 Å². The second-order valence-corrected chi connectivity index (χ2v) is 3.30. The number of para-hydroxylation sites is 2. The van der Waals surface area contributed by atoms with Gasteiger partial charge in [-0.05, 0) is 19.1 Å². The van der Waals surface area contributed by atoms with Crippen LogP contribution in [0.1, 0.15) is 12.6 Å². The summed E-state index contributed by atoms with van der Waals surface area (Å²) in [5.41, 5.74) is 0.142. The second-order valence-electron chi connectivity index (χ2n) is 3.30. The number of nitriles is 1. The van der Waals surface area contributed by atoms with E-state index in [1.165, 1.54) is 12.4 Å². The summed E-state index contributed by atoms with van der Waals surface area (Å²) in [5.74, 6) is 1.29. The monoisotopic (exact) mass is 241 g/mol. The van der Waals surface area contributed by atoms with E-state index in [0.717, 1.165) is 0 Å². The van der Waals surface area contributed by atoms with Crippen molar-refractivity contribution >= 4 is 0 Å². The minimum absolute atomic E-state index is 0.142. The van der Waals surface area contributed by atoms with Gasteiger partial charge in [-0.1, -0.05) is 12.1 Å². The van der Waals surface area contributed by atoms with Crippen molar-refractivity contribution in [1.82, 2.24) is 9.97 Å². The zero-order valence-corrected chi connectivity index (χ0v) is 9.83. The molecule has 0 amide bonds. The van der Waals surface area contributed by atoms with Gasteiger partial charge < -0.3 is 9.47 Å². The molecule has 90 valence electrons. The van der Waals surface area contributed by atoms with Crippen LogP contribution in [0.25, 0.3) is 0 Å². The maximum absolute atomic E-state index is 8.91. The Morgan fingerprint density at radius 2 is 1.89 bits per heavy atom. The first-order chi connectivity index (χ1) is 8.85. The average Bonchev–Trinajstić information content (AvgIpc) is 2.42. The van der Waals surface area contributed by atoms with E-state index in [9.17, 15) is 0 Å². The minimum Gasteiger partial charge on any atom is -0.490 e. The van der Waals surface area contributed by atoms with Gasteiger partial charge in [0.2, 0.25) is 5.69 Å². The quantitative estimate of drug-likeness (QED) is 0.822. The van der Waals surface area contributed by atoms with Crippen LogP contribution in [0.3, 0.4) is 0 Å². The Balaban J connectivity index is 2.31. The number of hydrogen-bond acceptors (Lipinski definition) is 5. The fourth-order valence-electron chi connectivity index (χ4n) is 1.39. The van der Waals surface area contributed by atoms with E-state index in [2.05, 4.69) is 9.97 Å². The Bertz CT molecular complexity index is 578. The van der Waals surface area contributed by atoms with Gasteiger partial charge in [0.05, 0.1) is 6.61 Å². The Morgan fingerprint density at radius 1 is 1.17 bits per heavy atom. The number of rotatable bonds is 4. The van der Waals surface area contributed by atoms with Crippen molar-refractivity contribution in [2.75, 3.05) is 6.61 Å². The first-order valence-corrected chi connectivity index (χ1v) is 5.46. The molecule has 0 radical (unpaired) electrons. The lowest BCUT2D eigenvalue weighted by molar-refractivity contribution is 0.319. The third kappa shape index (κ3) is 2.55. The van der Waals surface area contributed by atoms with Crippen molar-refractivity contribution in [3.8, 4) is 23.4 Å². The van der Waals surface area contributed by atoms with Gasteiger partial charge in [0, 0.05) is 12.4 Å². The number of ether oxygens (including phenoxy) is 2. The lowest BCUT2D eigenvalue weighted by Crippen LogP contribution is -1.97. The molecule has 5 heteroatoms. The highest BCUT2D eigenvalue weighted by molar-refractivity contribution is 5.43. The van der Waals surface area contributed by atoms with E-state index in [-0.39, 0.29) is 11.6 Å². The maximum atomic E-state index is 8.91. The highest BCUT2D eigenvalue weighted by atomic mass is 16.5. The highest BCUT2D eigenvalue weighted by Crippen LogP contribution is 2.30. The van der Waals surface area contributed by atoms with E-state index >= 15 is 0 Å². The summed E-state index contributed by atoms with van der Waals surface area (Å²) < 4.78 is 11.0. The van der Waals surface area contributed by atoms with Crippen LogP contribution in [0.4, 0.5) is 0 Å². The predicted molar refractivity (Wildman–Crippen MR) is 64.4 cm³/mol. The molecule has 0 bridgehead atoms. The number of nitrogens with zero attached hydrogens (tertiary/aromatic N) is 3. The predicted octanol–water partition coefficient (Wildman–Crippen LogP) is 2.54. The molecule has 2 aromatic rings. The Morgan fingerprint density at radius 3 is 2.61 bits per heavy atom. The molecule has 18 heavy (non-hydrogen) atoms. The summed E-state index contributed by atoms with van der Waals surface area (Å²) in [5, 5.41) is 8.91. The molecule has 1 heterocycles. The smallest absolute Gasteiger partial charge is 0.256 e. The van der Waals surface area contributed by atoms with Gasteiger partial charge in [-0.2, -0.15) is 5.26 Å². The molecule has 0 aliphatic heterocycles. The van der Waals surface area contributed by atoms with E-state index in [0.29, 0.717) is 18.1 Å². The maximum Gasteiger partial charge on any atom is 0.256 e. The molecule has 0 saturated heterocycles. The van der Waals surface area contributed by atoms with Crippen molar-refractivity contribution in [1.29, 1.82) is 5.26 Å². The molecule has 0 atom stereocenters. The van der Waals surface area contributed by atoms with Gasteiger partial charge in [0.15, 0.2) is 11.5 Å². The van der Waals surface area contributed by atoms with Gasteiger partial charge >= 0.3 is 0 Å². The molecule has 0 N–H and O–H groups in total. The van der Waals surface area contributed by atoms with Crippen LogP contribution in [-0.4, -0.2) is 16.6 Å². The van der Waals surface area contributed by atoms with Crippen molar-refractivity contribution < 1.29 is 9.47 Å². The van der Waals surface area contributed by atoms with Gasteiger partial charge in [-0.15, -0.1) is 0 Å². The lowest BCUT2D eigenvalue weighted by atomic mass is 10.3. The summed E-state index contributed by atoms with van der Waals surface area (Å²) in [6, 6.07) is 9.14. The Labute approximate surface area is 105 Å². The van der Waals surface area contributed by atoms with Crippen LogP contribution in [0, 0.1) is 11.3 Å². The third-order valence-corrected chi connectivity index (χ3v) is 2.13. The molecule has 0 fully saturated rings. The molecular formula is C13H11N3O2. The summed E-state index contributed by atoms with van der Waals surface area (Å²) in [7, 11) is 0. The molecule has 1 aromatic carbocycles. The fourth-order valence-corrected chi connectivity index (χ4v) is 1.39. The standard InChI is InChI=1S/C13H11N3O2/c1-2-17-11-5-3-4-6-12(11)18-13-10(9-14)15-7-8-16-13/h3-8H,2H2,1H3. The van der Waals surface area contributed by atoms with Crippen LogP contribution < -0.4 is 9.47 Å². The Kier molecular flexibility index (Phi) is 3.72. The van der Waals surface area contributed by atoms with Crippen molar-refractivity contribution in [3.63, 3.8) is 0 Å². The molecule has 1 aromatic heterocycles. The third-order valence-electron chi connectivity index (χ3n) is 2.13. The largest absolute Gasteiger partial charge is 0.490 e. The molecule has 0 aliphatic carbocycles. The normalized spacial score (nSPS) is 9.56. The van der Waals surface area contributed by atoms with Crippen LogP contribution >= 0.6 is 0 Å². The fraction of sp³-hybridized carbons (Fsp3) is 0.154. The van der Waals surface area contributed by atoms with Gasteiger partial charge in [0.25, 0.3) is 5.88 Å². The summed E-state index contributed by atoms with van der Waals surface area (Å²) in [6.45, 7) is 2.42. The van der Waals surface area contributed by atoms with Gasteiger partial charge in [0.1, 0.15) is 6.07 Å². The molecule has 0 saturated carbocycles. The van der Waals surface area contributed by atoms with Crippen molar-refractivity contribution in [3.05, 3.63) is 42.4 Å². The van der Waals surface area contributed by atoms with E-state index in [1.807, 2.05) is 25.1 Å². The molecule has 5 nitrogen and oxygen atoms in total. The van der Waals surface area contributed by atoms with Crippen LogP contribution in [-0.2, 0) is 0 Å². The summed E-state index contributed by atoms with van der Waals surface area (Å²) >= 11 is 0. The topological polar surface area (TPSA) is 68.0 Å². The van der Waals surface area contributed by atoms with E-state index in [4.69, 9.17) is 14.7 Å². The van der Waals surface area contributed by atoms with E-state index in [1.54, 1.807) is 12.1 Å². The Hall–Kier alpha value is -2.61. The number of hydrogen-bond donors (Lipinski definition) is 0. The first kappa shape index (κ1) is 11.9. The number of benzene rings is 1. The van der Waals surface area contributed by atoms with Gasteiger partial charge in [-0.25, -0.2) is 9.97 Å². The SMILES string of the molecule is CCOc1ccccc1Oc1nccnc1C#N. The molecular weight excluding hydrogens is 230 g/mol. The highest BCUT2D eigenvalue weighted by Gasteiger charge is 2.10. The molecule has 0 unspecified atom stereocenters. The second kappa shape index (κ2) is 5.64. The van der Waals surface area contributed by atoms with Crippen LogP contribution in [0.2, 0.25) is 0 Å². The zero-order chi connectivity index (χ0) is 12.8. The number of aromatic nitrogens is 2. The summed E-state index contributed by atoms with van der Waals surface area (Å²) in [6.07, 6.45) is 2.92. The molecule has 0 spiro atoms. The van der Waals surface area contributed by atoms with Crippen molar-refractivity contribution in [2.45, 2.75) is 6.92 Å². The summed E-state index contributed by atoms with van der Waals surface area (Å²) in [4.78, 5) is 7.86. The minimum atomic E-state index is 0.142. The van der Waals surface area contributed by atoms with E-state index < -0.39 is 0 Å². The molecule has 0 aliphatic rings. The molecule has 2 rings (SSSR count).